The summed E-state index contributed by atoms with van der Waals surface area (Å²) in [6, 6.07) is 18.1. The summed E-state index contributed by atoms with van der Waals surface area (Å²) >= 11 is 0. The Morgan fingerprint density at radius 1 is 1.00 bits per heavy atom. The molecule has 0 radical (unpaired) electrons. The van der Waals surface area contributed by atoms with E-state index in [1.165, 1.54) is 0 Å². The molecule has 5 nitrogen and oxygen atoms in total. The summed E-state index contributed by atoms with van der Waals surface area (Å²) in [6.07, 6.45) is 1.96. The number of morpholine rings is 1. The summed E-state index contributed by atoms with van der Waals surface area (Å²) in [5, 5.41) is 4.21. The number of hydrogen-bond acceptors (Lipinski definition) is 3. The summed E-state index contributed by atoms with van der Waals surface area (Å²) in [7, 11) is 0. The number of carbonyl (C=O) groups is 1. The van der Waals surface area contributed by atoms with Crippen molar-refractivity contribution in [1.82, 2.24) is 4.57 Å². The number of nitrogens with one attached hydrogen (secondary N) is 1. The first kappa shape index (κ1) is 15.7. The van der Waals surface area contributed by atoms with E-state index in [4.69, 9.17) is 4.74 Å². The second kappa shape index (κ2) is 6.99. The first-order chi connectivity index (χ1) is 12.3. The summed E-state index contributed by atoms with van der Waals surface area (Å²) in [5.41, 5.74) is 2.97. The highest BCUT2D eigenvalue weighted by Crippen LogP contribution is 2.26. The number of benzene rings is 2. The molecule has 1 N–H and O–H groups in total. The van der Waals surface area contributed by atoms with Crippen LogP contribution in [0, 0.1) is 0 Å². The summed E-state index contributed by atoms with van der Waals surface area (Å²) in [6.45, 7) is 3.42. The average molecular weight is 335 g/mol. The topological polar surface area (TPSA) is 46.5 Å². The molecule has 128 valence electrons. The lowest BCUT2D eigenvalue weighted by atomic mass is 10.2. The fourth-order valence-electron chi connectivity index (χ4n) is 3.28. The molecule has 0 unspecified atom stereocenters. The van der Waals surface area contributed by atoms with E-state index in [9.17, 15) is 4.79 Å². The number of hydrogen-bond donors (Lipinski definition) is 1. The number of ether oxygens (including phenoxy) is 1. The zero-order valence-electron chi connectivity index (χ0n) is 14.0. The molecule has 0 spiro atoms. The van der Waals surface area contributed by atoms with Crippen molar-refractivity contribution in [2.75, 3.05) is 36.5 Å². The third-order valence-electron chi connectivity index (χ3n) is 4.52. The van der Waals surface area contributed by atoms with Gasteiger partial charge in [0.2, 0.25) is 5.91 Å². The van der Waals surface area contributed by atoms with Crippen molar-refractivity contribution < 1.29 is 9.53 Å². The SMILES string of the molecule is O=C(Cn1ccc2ccccc21)Nc1ccccc1N1CCOCC1. The minimum atomic E-state index is -0.0259. The summed E-state index contributed by atoms with van der Waals surface area (Å²) in [5.74, 6) is -0.0259. The highest BCUT2D eigenvalue weighted by atomic mass is 16.5. The van der Waals surface area contributed by atoms with Crippen molar-refractivity contribution in [2.24, 2.45) is 0 Å². The minimum Gasteiger partial charge on any atom is -0.378 e. The quantitative estimate of drug-likeness (QED) is 0.797. The van der Waals surface area contributed by atoms with Crippen molar-refractivity contribution in [2.45, 2.75) is 6.54 Å². The lowest BCUT2D eigenvalue weighted by Gasteiger charge is -2.30. The Balaban J connectivity index is 1.51. The molecular formula is C20H21N3O2. The van der Waals surface area contributed by atoms with Crippen molar-refractivity contribution in [3.05, 3.63) is 60.8 Å². The largest absolute Gasteiger partial charge is 0.378 e. The Hall–Kier alpha value is -2.79. The summed E-state index contributed by atoms with van der Waals surface area (Å²) < 4.78 is 7.40. The smallest absolute Gasteiger partial charge is 0.244 e. The van der Waals surface area contributed by atoms with E-state index in [1.807, 2.05) is 59.3 Å². The van der Waals surface area contributed by atoms with E-state index in [-0.39, 0.29) is 5.91 Å². The second-order valence-electron chi connectivity index (χ2n) is 6.17. The molecule has 0 saturated carbocycles. The van der Waals surface area contributed by atoms with Gasteiger partial charge in [0, 0.05) is 24.8 Å². The highest BCUT2D eigenvalue weighted by molar-refractivity contribution is 5.95. The number of nitrogens with zero attached hydrogens (tertiary/aromatic N) is 2. The van der Waals surface area contributed by atoms with Crippen molar-refractivity contribution in [3.63, 3.8) is 0 Å². The van der Waals surface area contributed by atoms with E-state index in [2.05, 4.69) is 16.3 Å². The van der Waals surface area contributed by atoms with E-state index in [0.29, 0.717) is 6.54 Å². The average Bonchev–Trinajstić information content (AvgIpc) is 3.06. The van der Waals surface area contributed by atoms with Crippen molar-refractivity contribution in [1.29, 1.82) is 0 Å². The van der Waals surface area contributed by atoms with E-state index < -0.39 is 0 Å². The third kappa shape index (κ3) is 3.37. The predicted octanol–water partition coefficient (Wildman–Crippen LogP) is 3.12. The first-order valence-electron chi connectivity index (χ1n) is 8.57. The Labute approximate surface area is 146 Å². The molecule has 1 aliphatic rings. The molecule has 0 aliphatic carbocycles. The second-order valence-corrected chi connectivity index (χ2v) is 6.17. The van der Waals surface area contributed by atoms with Gasteiger partial charge in [-0.3, -0.25) is 4.79 Å². The number of anilines is 2. The molecule has 4 rings (SSSR count). The van der Waals surface area contributed by atoms with Gasteiger partial charge < -0.3 is 19.5 Å². The van der Waals surface area contributed by atoms with E-state index in [1.54, 1.807) is 0 Å². The molecule has 1 saturated heterocycles. The van der Waals surface area contributed by atoms with Gasteiger partial charge in [-0.05, 0) is 29.7 Å². The maximum absolute atomic E-state index is 12.6. The zero-order valence-corrected chi connectivity index (χ0v) is 14.0. The van der Waals surface area contributed by atoms with Gasteiger partial charge >= 0.3 is 0 Å². The minimum absolute atomic E-state index is 0.0259. The van der Waals surface area contributed by atoms with Crippen molar-refractivity contribution in [3.8, 4) is 0 Å². The van der Waals surface area contributed by atoms with Crippen LogP contribution >= 0.6 is 0 Å². The number of para-hydroxylation sites is 3. The molecule has 1 aromatic heterocycles. The summed E-state index contributed by atoms with van der Waals surface area (Å²) in [4.78, 5) is 14.8. The van der Waals surface area contributed by atoms with Gasteiger partial charge in [-0.2, -0.15) is 0 Å². The maximum atomic E-state index is 12.6. The van der Waals surface area contributed by atoms with E-state index >= 15 is 0 Å². The first-order valence-corrected chi connectivity index (χ1v) is 8.57. The molecule has 5 heteroatoms. The normalized spacial score (nSPS) is 14.6. The molecule has 1 fully saturated rings. The van der Waals surface area contributed by atoms with Gasteiger partial charge in [-0.15, -0.1) is 0 Å². The lowest BCUT2D eigenvalue weighted by molar-refractivity contribution is -0.116. The predicted molar refractivity (Wildman–Crippen MR) is 100 cm³/mol. The fraction of sp³-hybridized carbons (Fsp3) is 0.250. The van der Waals surface area contributed by atoms with Gasteiger partial charge in [-0.1, -0.05) is 30.3 Å². The van der Waals surface area contributed by atoms with Crippen LogP contribution in [-0.4, -0.2) is 36.8 Å². The lowest BCUT2D eigenvalue weighted by Crippen LogP contribution is -2.36. The number of aromatic nitrogens is 1. The molecule has 25 heavy (non-hydrogen) atoms. The molecule has 2 heterocycles. The monoisotopic (exact) mass is 335 g/mol. The molecular weight excluding hydrogens is 314 g/mol. The number of carbonyl (C=O) groups excluding carboxylic acids is 1. The van der Waals surface area contributed by atoms with Crippen LogP contribution in [0.15, 0.2) is 60.8 Å². The van der Waals surface area contributed by atoms with Crippen LogP contribution in [0.25, 0.3) is 10.9 Å². The molecule has 2 aromatic carbocycles. The fourth-order valence-corrected chi connectivity index (χ4v) is 3.28. The molecule has 1 amide bonds. The standard InChI is InChI=1S/C20H21N3O2/c24-20(15-23-10-9-16-5-1-3-7-18(16)23)21-17-6-2-4-8-19(17)22-11-13-25-14-12-22/h1-10H,11-15H2,(H,21,24). The number of fused-ring (bicyclic) bond motifs is 1. The zero-order chi connectivity index (χ0) is 17.1. The van der Waals surface area contributed by atoms with Crippen LogP contribution in [0.4, 0.5) is 11.4 Å². The van der Waals surface area contributed by atoms with Crippen LogP contribution < -0.4 is 10.2 Å². The van der Waals surface area contributed by atoms with Gasteiger partial charge in [0.1, 0.15) is 6.54 Å². The van der Waals surface area contributed by atoms with Crippen LogP contribution in [0.2, 0.25) is 0 Å². The Bertz CT molecular complexity index is 881. The van der Waals surface area contributed by atoms with Crippen LogP contribution in [0.3, 0.4) is 0 Å². The van der Waals surface area contributed by atoms with Gasteiger partial charge in [0.05, 0.1) is 24.6 Å². The van der Waals surface area contributed by atoms with E-state index in [0.717, 1.165) is 48.6 Å². The van der Waals surface area contributed by atoms with Crippen LogP contribution in [-0.2, 0) is 16.1 Å². The van der Waals surface area contributed by atoms with Crippen LogP contribution in [0.5, 0.6) is 0 Å². The third-order valence-corrected chi connectivity index (χ3v) is 4.52. The highest BCUT2D eigenvalue weighted by Gasteiger charge is 2.16. The molecule has 0 atom stereocenters. The molecule has 1 aliphatic heterocycles. The van der Waals surface area contributed by atoms with Gasteiger partial charge in [-0.25, -0.2) is 0 Å². The van der Waals surface area contributed by atoms with Gasteiger partial charge in [0.25, 0.3) is 0 Å². The van der Waals surface area contributed by atoms with Crippen molar-refractivity contribution >= 4 is 28.2 Å². The maximum Gasteiger partial charge on any atom is 0.244 e. The number of amides is 1. The Morgan fingerprint density at radius 3 is 2.64 bits per heavy atom. The Kier molecular flexibility index (Phi) is 4.39. The molecule has 3 aromatic rings. The molecule has 0 bridgehead atoms. The Morgan fingerprint density at radius 2 is 1.76 bits per heavy atom. The number of rotatable bonds is 4. The van der Waals surface area contributed by atoms with Crippen LogP contribution in [0.1, 0.15) is 0 Å². The van der Waals surface area contributed by atoms with Gasteiger partial charge in [0.15, 0.2) is 0 Å².